The first-order chi connectivity index (χ1) is 9.34. The van der Waals surface area contributed by atoms with Crippen LogP contribution in [-0.2, 0) is 6.42 Å². The third-order valence-electron chi connectivity index (χ3n) is 3.40. The molecular formula is C16H16N2O. The maximum absolute atomic E-state index is 6.32. The van der Waals surface area contributed by atoms with E-state index in [0.717, 1.165) is 24.0 Å². The smallest absolute Gasteiger partial charge is 0.103 e. The molecule has 0 saturated carbocycles. The second-order valence-electron chi connectivity index (χ2n) is 4.67. The molecule has 3 rings (SSSR count). The second-order valence-corrected chi connectivity index (χ2v) is 4.67. The van der Waals surface area contributed by atoms with Gasteiger partial charge in [0.25, 0.3) is 0 Å². The zero-order chi connectivity index (χ0) is 13.1. The SMILES string of the molecule is NC(CCc1ccco1)c1cccc2cnccc12. The summed E-state index contributed by atoms with van der Waals surface area (Å²) in [7, 11) is 0. The molecule has 0 aliphatic rings. The maximum atomic E-state index is 6.32. The highest BCUT2D eigenvalue weighted by atomic mass is 16.3. The molecule has 0 bridgehead atoms. The molecule has 3 nitrogen and oxygen atoms in total. The first-order valence-corrected chi connectivity index (χ1v) is 6.45. The zero-order valence-corrected chi connectivity index (χ0v) is 10.6. The van der Waals surface area contributed by atoms with Crippen molar-refractivity contribution in [1.82, 2.24) is 4.98 Å². The number of nitrogens with zero attached hydrogens (tertiary/aromatic N) is 1. The van der Waals surface area contributed by atoms with Crippen molar-refractivity contribution in [2.24, 2.45) is 5.73 Å². The van der Waals surface area contributed by atoms with Gasteiger partial charge in [-0.25, -0.2) is 0 Å². The summed E-state index contributed by atoms with van der Waals surface area (Å²) in [4.78, 5) is 4.14. The molecule has 19 heavy (non-hydrogen) atoms. The number of hydrogen-bond donors (Lipinski definition) is 1. The highest BCUT2D eigenvalue weighted by Gasteiger charge is 2.10. The van der Waals surface area contributed by atoms with E-state index in [4.69, 9.17) is 10.2 Å². The van der Waals surface area contributed by atoms with Crippen molar-refractivity contribution in [2.45, 2.75) is 18.9 Å². The first kappa shape index (κ1) is 11.9. The molecule has 2 heterocycles. The monoisotopic (exact) mass is 252 g/mol. The van der Waals surface area contributed by atoms with Gasteiger partial charge in [-0.1, -0.05) is 18.2 Å². The lowest BCUT2D eigenvalue weighted by molar-refractivity contribution is 0.489. The predicted octanol–water partition coefficient (Wildman–Crippen LogP) is 3.46. The van der Waals surface area contributed by atoms with E-state index in [-0.39, 0.29) is 6.04 Å². The van der Waals surface area contributed by atoms with Crippen LogP contribution in [0.2, 0.25) is 0 Å². The van der Waals surface area contributed by atoms with Crippen LogP contribution < -0.4 is 5.73 Å². The third-order valence-corrected chi connectivity index (χ3v) is 3.40. The van der Waals surface area contributed by atoms with Gasteiger partial charge < -0.3 is 10.2 Å². The third kappa shape index (κ3) is 2.51. The second kappa shape index (κ2) is 5.24. The minimum absolute atomic E-state index is 0.0104. The van der Waals surface area contributed by atoms with Gasteiger partial charge in [-0.2, -0.15) is 0 Å². The molecule has 2 aromatic heterocycles. The number of hydrogen-bond acceptors (Lipinski definition) is 3. The number of benzene rings is 1. The Balaban J connectivity index is 1.83. The lowest BCUT2D eigenvalue weighted by Crippen LogP contribution is -2.11. The Morgan fingerprint density at radius 2 is 2.11 bits per heavy atom. The van der Waals surface area contributed by atoms with Gasteiger partial charge in [0.2, 0.25) is 0 Å². The Kier molecular flexibility index (Phi) is 3.29. The van der Waals surface area contributed by atoms with Gasteiger partial charge in [-0.05, 0) is 35.6 Å². The Morgan fingerprint density at radius 3 is 2.95 bits per heavy atom. The summed E-state index contributed by atoms with van der Waals surface area (Å²) in [6, 6.07) is 12.1. The van der Waals surface area contributed by atoms with E-state index in [1.54, 1.807) is 6.26 Å². The average molecular weight is 252 g/mol. The highest BCUT2D eigenvalue weighted by molar-refractivity contribution is 5.85. The number of nitrogens with two attached hydrogens (primary N) is 1. The van der Waals surface area contributed by atoms with Gasteiger partial charge >= 0.3 is 0 Å². The Bertz CT molecular complexity index is 656. The zero-order valence-electron chi connectivity index (χ0n) is 10.6. The van der Waals surface area contributed by atoms with Crippen molar-refractivity contribution in [3.05, 3.63) is 66.4 Å². The number of aryl methyl sites for hydroxylation is 1. The van der Waals surface area contributed by atoms with Crippen LogP contribution in [0.4, 0.5) is 0 Å². The van der Waals surface area contributed by atoms with Crippen LogP contribution in [0.25, 0.3) is 10.8 Å². The lowest BCUT2D eigenvalue weighted by Gasteiger charge is -2.13. The van der Waals surface area contributed by atoms with E-state index < -0.39 is 0 Å². The van der Waals surface area contributed by atoms with E-state index in [9.17, 15) is 0 Å². The Labute approximate surface area is 112 Å². The van der Waals surface area contributed by atoms with E-state index in [1.165, 1.54) is 10.9 Å². The minimum Gasteiger partial charge on any atom is -0.469 e. The molecule has 3 aromatic rings. The molecule has 0 spiro atoms. The van der Waals surface area contributed by atoms with E-state index in [2.05, 4.69) is 17.1 Å². The standard InChI is InChI=1S/C16H16N2O/c17-16(7-6-13-4-2-10-19-13)15-5-1-3-12-11-18-9-8-14(12)15/h1-5,8-11,16H,6-7,17H2. The fourth-order valence-corrected chi connectivity index (χ4v) is 2.38. The summed E-state index contributed by atoms with van der Waals surface area (Å²) < 4.78 is 5.34. The molecule has 1 atom stereocenters. The number of aromatic nitrogens is 1. The fraction of sp³-hybridized carbons (Fsp3) is 0.188. The summed E-state index contributed by atoms with van der Waals surface area (Å²) in [6.45, 7) is 0. The Morgan fingerprint density at radius 1 is 1.16 bits per heavy atom. The molecule has 0 radical (unpaired) electrons. The Hall–Kier alpha value is -2.13. The molecule has 0 saturated heterocycles. The summed E-state index contributed by atoms with van der Waals surface area (Å²) >= 11 is 0. The molecular weight excluding hydrogens is 236 g/mol. The van der Waals surface area contributed by atoms with Crippen LogP contribution in [0.15, 0.2) is 59.5 Å². The average Bonchev–Trinajstić information content (AvgIpc) is 2.97. The minimum atomic E-state index is 0.0104. The topological polar surface area (TPSA) is 52.0 Å². The first-order valence-electron chi connectivity index (χ1n) is 6.45. The summed E-state index contributed by atoms with van der Waals surface area (Å²) in [5.74, 6) is 0.984. The normalized spacial score (nSPS) is 12.7. The molecule has 0 aliphatic heterocycles. The summed E-state index contributed by atoms with van der Waals surface area (Å²) in [5.41, 5.74) is 7.49. The lowest BCUT2D eigenvalue weighted by atomic mass is 9.97. The highest BCUT2D eigenvalue weighted by Crippen LogP contribution is 2.25. The van der Waals surface area contributed by atoms with E-state index in [1.807, 2.05) is 36.7 Å². The number of fused-ring (bicyclic) bond motifs is 1. The largest absolute Gasteiger partial charge is 0.469 e. The number of pyridine rings is 1. The van der Waals surface area contributed by atoms with Crippen LogP contribution >= 0.6 is 0 Å². The van der Waals surface area contributed by atoms with Crippen LogP contribution in [0.1, 0.15) is 23.8 Å². The van der Waals surface area contributed by atoms with Crippen molar-refractivity contribution in [3.8, 4) is 0 Å². The predicted molar refractivity (Wildman–Crippen MR) is 75.7 cm³/mol. The molecule has 1 unspecified atom stereocenters. The maximum Gasteiger partial charge on any atom is 0.103 e. The summed E-state index contributed by atoms with van der Waals surface area (Å²) in [6.07, 6.45) is 7.11. The molecule has 96 valence electrons. The molecule has 0 fully saturated rings. The van der Waals surface area contributed by atoms with Crippen LogP contribution in [0.5, 0.6) is 0 Å². The van der Waals surface area contributed by atoms with Gasteiger partial charge in [0.05, 0.1) is 6.26 Å². The van der Waals surface area contributed by atoms with Gasteiger partial charge in [-0.3, -0.25) is 4.98 Å². The van der Waals surface area contributed by atoms with Crippen molar-refractivity contribution in [2.75, 3.05) is 0 Å². The van der Waals surface area contributed by atoms with Gasteiger partial charge in [0.15, 0.2) is 0 Å². The molecule has 0 amide bonds. The van der Waals surface area contributed by atoms with Crippen LogP contribution in [0.3, 0.4) is 0 Å². The van der Waals surface area contributed by atoms with Gasteiger partial charge in [0, 0.05) is 30.2 Å². The molecule has 2 N–H and O–H groups in total. The van der Waals surface area contributed by atoms with Crippen LogP contribution in [-0.4, -0.2) is 4.98 Å². The quantitative estimate of drug-likeness (QED) is 0.773. The van der Waals surface area contributed by atoms with Crippen LogP contribution in [0, 0.1) is 0 Å². The number of furan rings is 1. The van der Waals surface area contributed by atoms with Crippen molar-refractivity contribution < 1.29 is 4.42 Å². The van der Waals surface area contributed by atoms with Gasteiger partial charge in [-0.15, -0.1) is 0 Å². The molecule has 1 aromatic carbocycles. The van der Waals surface area contributed by atoms with Crippen molar-refractivity contribution in [3.63, 3.8) is 0 Å². The van der Waals surface area contributed by atoms with Crippen molar-refractivity contribution in [1.29, 1.82) is 0 Å². The molecule has 3 heteroatoms. The van der Waals surface area contributed by atoms with E-state index >= 15 is 0 Å². The fourth-order valence-electron chi connectivity index (χ4n) is 2.38. The van der Waals surface area contributed by atoms with E-state index in [0.29, 0.717) is 0 Å². The summed E-state index contributed by atoms with van der Waals surface area (Å²) in [5, 5.41) is 2.32. The van der Waals surface area contributed by atoms with Crippen molar-refractivity contribution >= 4 is 10.8 Å². The number of rotatable bonds is 4. The van der Waals surface area contributed by atoms with Gasteiger partial charge in [0.1, 0.15) is 5.76 Å². The molecule has 0 aliphatic carbocycles.